The lowest BCUT2D eigenvalue weighted by molar-refractivity contribution is 0.617. The van der Waals surface area contributed by atoms with E-state index >= 15 is 0 Å². The molecule has 1 aromatic heterocycles. The van der Waals surface area contributed by atoms with Crippen LogP contribution in [0.15, 0.2) is 37.2 Å². The van der Waals surface area contributed by atoms with E-state index in [9.17, 15) is 4.39 Å². The van der Waals surface area contributed by atoms with Crippen molar-refractivity contribution in [1.82, 2.24) is 15.3 Å². The van der Waals surface area contributed by atoms with Crippen molar-refractivity contribution < 1.29 is 4.39 Å². The second-order valence-electron chi connectivity index (χ2n) is 4.24. The van der Waals surface area contributed by atoms with Gasteiger partial charge in [0.25, 0.3) is 0 Å². The van der Waals surface area contributed by atoms with Crippen molar-refractivity contribution in [1.29, 1.82) is 0 Å². The summed E-state index contributed by atoms with van der Waals surface area (Å²) in [5, 5.41) is 3.13. The van der Waals surface area contributed by atoms with E-state index in [1.165, 1.54) is 12.4 Å². The summed E-state index contributed by atoms with van der Waals surface area (Å²) in [6, 6.07) is 6.63. The number of nitrogen functional groups attached to an aromatic ring is 1. The van der Waals surface area contributed by atoms with Crippen LogP contribution in [0.3, 0.4) is 0 Å². The molecule has 0 saturated carbocycles. The van der Waals surface area contributed by atoms with Crippen LogP contribution in [0.5, 0.6) is 0 Å². The van der Waals surface area contributed by atoms with Crippen molar-refractivity contribution in [3.8, 4) is 0 Å². The molecule has 0 amide bonds. The van der Waals surface area contributed by atoms with Gasteiger partial charge in [-0.15, -0.1) is 0 Å². The van der Waals surface area contributed by atoms with Gasteiger partial charge in [0, 0.05) is 12.6 Å². The molecule has 5 heteroatoms. The fourth-order valence-electron chi connectivity index (χ4n) is 1.65. The Morgan fingerprint density at radius 2 is 2.16 bits per heavy atom. The Kier molecular flexibility index (Phi) is 3.75. The summed E-state index contributed by atoms with van der Waals surface area (Å²) in [5.41, 5.74) is 8.47. The maximum Gasteiger partial charge on any atom is 0.127 e. The first-order chi connectivity index (χ1) is 9.06. The molecule has 4 nitrogen and oxygen atoms in total. The summed E-state index contributed by atoms with van der Waals surface area (Å²) < 4.78 is 13.1. The van der Waals surface area contributed by atoms with Gasteiger partial charge >= 0.3 is 0 Å². The molecular formula is C14H15FN4. The maximum absolute atomic E-state index is 13.1. The van der Waals surface area contributed by atoms with Crippen LogP contribution in [0.4, 0.5) is 10.2 Å². The Morgan fingerprint density at radius 3 is 2.84 bits per heavy atom. The minimum absolute atomic E-state index is 0.203. The molecule has 1 heterocycles. The lowest BCUT2D eigenvalue weighted by Crippen LogP contribution is -2.12. The Morgan fingerprint density at radius 1 is 1.37 bits per heavy atom. The van der Waals surface area contributed by atoms with Crippen LogP contribution in [-0.4, -0.2) is 9.97 Å². The first-order valence-electron chi connectivity index (χ1n) is 5.82. The van der Waals surface area contributed by atoms with E-state index in [0.29, 0.717) is 29.3 Å². The second kappa shape index (κ2) is 5.48. The largest absolute Gasteiger partial charge is 0.384 e. The Hall–Kier alpha value is -2.43. The number of nitrogens with one attached hydrogen (secondary N) is 1. The third kappa shape index (κ3) is 3.28. The van der Waals surface area contributed by atoms with Crippen molar-refractivity contribution >= 4 is 11.5 Å². The van der Waals surface area contributed by atoms with Gasteiger partial charge in [0.2, 0.25) is 0 Å². The van der Waals surface area contributed by atoms with Crippen molar-refractivity contribution in [2.24, 2.45) is 0 Å². The second-order valence-corrected chi connectivity index (χ2v) is 4.24. The number of anilines is 1. The number of aryl methyl sites for hydroxylation is 1. The van der Waals surface area contributed by atoms with Crippen LogP contribution in [0.2, 0.25) is 0 Å². The van der Waals surface area contributed by atoms with E-state index in [1.807, 2.05) is 0 Å². The number of hydrogen-bond donors (Lipinski definition) is 2. The summed E-state index contributed by atoms with van der Waals surface area (Å²) in [7, 11) is 0. The topological polar surface area (TPSA) is 63.8 Å². The van der Waals surface area contributed by atoms with Crippen LogP contribution < -0.4 is 11.1 Å². The highest BCUT2D eigenvalue weighted by atomic mass is 19.1. The van der Waals surface area contributed by atoms with Gasteiger partial charge in [-0.2, -0.15) is 0 Å². The molecule has 3 N–H and O–H groups in total. The molecule has 19 heavy (non-hydrogen) atoms. The van der Waals surface area contributed by atoms with E-state index in [4.69, 9.17) is 5.73 Å². The van der Waals surface area contributed by atoms with Gasteiger partial charge in [-0.25, -0.2) is 14.4 Å². The fourth-order valence-corrected chi connectivity index (χ4v) is 1.65. The first kappa shape index (κ1) is 13.0. The van der Waals surface area contributed by atoms with Crippen LogP contribution in [0.1, 0.15) is 16.8 Å². The number of benzene rings is 1. The normalized spacial score (nSPS) is 10.2. The molecule has 98 valence electrons. The average molecular weight is 258 g/mol. The van der Waals surface area contributed by atoms with Gasteiger partial charge in [-0.3, -0.25) is 0 Å². The standard InChI is InChI=1S/C14H15FN4/c1-9-5-11(3-4-12(9)15)7-17-10(2)13-6-14(16)19-8-18-13/h3-6,8,17H,2,7H2,1H3,(H2,16,18,19). The van der Waals surface area contributed by atoms with Gasteiger partial charge in [-0.05, 0) is 24.1 Å². The zero-order valence-corrected chi connectivity index (χ0v) is 10.7. The van der Waals surface area contributed by atoms with Gasteiger partial charge in [0.15, 0.2) is 0 Å². The molecule has 0 atom stereocenters. The van der Waals surface area contributed by atoms with Gasteiger partial charge in [-0.1, -0.05) is 18.7 Å². The number of nitrogens with zero attached hydrogens (tertiary/aromatic N) is 2. The fraction of sp³-hybridized carbons (Fsp3) is 0.143. The molecule has 2 aromatic rings. The minimum Gasteiger partial charge on any atom is -0.384 e. The molecule has 0 aliphatic carbocycles. The number of aromatic nitrogens is 2. The maximum atomic E-state index is 13.1. The Labute approximate surface area is 111 Å². The van der Waals surface area contributed by atoms with E-state index in [2.05, 4.69) is 21.9 Å². The van der Waals surface area contributed by atoms with Crippen LogP contribution in [0, 0.1) is 12.7 Å². The van der Waals surface area contributed by atoms with Crippen molar-refractivity contribution in [3.63, 3.8) is 0 Å². The summed E-state index contributed by atoms with van der Waals surface area (Å²) in [6.45, 7) is 6.17. The molecule has 1 aromatic carbocycles. The molecule has 0 unspecified atom stereocenters. The quantitative estimate of drug-likeness (QED) is 0.883. The number of hydrogen-bond acceptors (Lipinski definition) is 4. The highest BCUT2D eigenvalue weighted by Crippen LogP contribution is 2.12. The molecule has 0 radical (unpaired) electrons. The van der Waals surface area contributed by atoms with Crippen LogP contribution in [0.25, 0.3) is 5.70 Å². The Balaban J connectivity index is 2.02. The SMILES string of the molecule is C=C(NCc1ccc(F)c(C)c1)c1cc(N)ncn1. The predicted molar refractivity (Wildman–Crippen MR) is 73.5 cm³/mol. The molecule has 0 bridgehead atoms. The average Bonchev–Trinajstić information content (AvgIpc) is 2.40. The molecular weight excluding hydrogens is 243 g/mol. The monoisotopic (exact) mass is 258 g/mol. The molecule has 0 aliphatic rings. The summed E-state index contributed by atoms with van der Waals surface area (Å²) in [6.07, 6.45) is 1.39. The Bertz CT molecular complexity index is 610. The molecule has 0 spiro atoms. The molecule has 2 rings (SSSR count). The van der Waals surface area contributed by atoms with Crippen molar-refractivity contribution in [3.05, 3.63) is 59.8 Å². The van der Waals surface area contributed by atoms with E-state index in [-0.39, 0.29) is 5.82 Å². The third-order valence-electron chi connectivity index (χ3n) is 2.73. The molecule has 0 fully saturated rings. The predicted octanol–water partition coefficient (Wildman–Crippen LogP) is 2.27. The summed E-state index contributed by atoms with van der Waals surface area (Å²) >= 11 is 0. The molecule has 0 saturated heterocycles. The third-order valence-corrected chi connectivity index (χ3v) is 2.73. The summed E-state index contributed by atoms with van der Waals surface area (Å²) in [4.78, 5) is 7.89. The van der Waals surface area contributed by atoms with Gasteiger partial charge in [0.1, 0.15) is 18.0 Å². The van der Waals surface area contributed by atoms with Crippen molar-refractivity contribution in [2.75, 3.05) is 5.73 Å². The number of nitrogens with two attached hydrogens (primary N) is 1. The molecule has 0 aliphatic heterocycles. The zero-order valence-electron chi connectivity index (χ0n) is 10.7. The zero-order chi connectivity index (χ0) is 13.8. The van der Waals surface area contributed by atoms with E-state index < -0.39 is 0 Å². The smallest absolute Gasteiger partial charge is 0.127 e. The van der Waals surface area contributed by atoms with E-state index in [0.717, 1.165) is 5.56 Å². The first-order valence-corrected chi connectivity index (χ1v) is 5.82. The minimum atomic E-state index is -0.203. The highest BCUT2D eigenvalue weighted by Gasteiger charge is 2.03. The number of halogens is 1. The van der Waals surface area contributed by atoms with Crippen molar-refractivity contribution in [2.45, 2.75) is 13.5 Å². The lowest BCUT2D eigenvalue weighted by atomic mass is 10.1. The van der Waals surface area contributed by atoms with Crippen LogP contribution >= 0.6 is 0 Å². The highest BCUT2D eigenvalue weighted by molar-refractivity contribution is 5.60. The lowest BCUT2D eigenvalue weighted by Gasteiger charge is -2.10. The van der Waals surface area contributed by atoms with Crippen LogP contribution in [-0.2, 0) is 6.54 Å². The summed E-state index contributed by atoms with van der Waals surface area (Å²) in [5.74, 6) is 0.191. The number of rotatable bonds is 4. The van der Waals surface area contributed by atoms with E-state index in [1.54, 1.807) is 25.1 Å². The van der Waals surface area contributed by atoms with Gasteiger partial charge < -0.3 is 11.1 Å². The van der Waals surface area contributed by atoms with Gasteiger partial charge in [0.05, 0.1) is 11.4 Å².